The molecule has 8 heteroatoms. The van der Waals surface area contributed by atoms with E-state index in [4.69, 9.17) is 18.9 Å². The van der Waals surface area contributed by atoms with Crippen molar-refractivity contribution in [1.29, 1.82) is 0 Å². The first-order valence-electron chi connectivity index (χ1n) is 12.4. The van der Waals surface area contributed by atoms with Crippen LogP contribution in [0.15, 0.2) is 42.5 Å². The van der Waals surface area contributed by atoms with Gasteiger partial charge < -0.3 is 29.2 Å². The molecule has 35 heavy (non-hydrogen) atoms. The van der Waals surface area contributed by atoms with Gasteiger partial charge in [-0.05, 0) is 63.1 Å². The Kier molecular flexibility index (Phi) is 8.36. The topological polar surface area (TPSA) is 72.5 Å². The van der Waals surface area contributed by atoms with Crippen molar-refractivity contribution in [3.8, 4) is 17.2 Å². The Morgan fingerprint density at radius 1 is 0.971 bits per heavy atom. The lowest BCUT2D eigenvalue weighted by Crippen LogP contribution is -2.45. The molecule has 0 aliphatic carbocycles. The summed E-state index contributed by atoms with van der Waals surface area (Å²) < 4.78 is 22.9. The molecular formula is C27H37N3O5. The normalized spacial score (nSPS) is 21.4. The number of amides is 1. The molecule has 2 aromatic rings. The highest BCUT2D eigenvalue weighted by atomic mass is 16.5. The van der Waals surface area contributed by atoms with Gasteiger partial charge in [-0.25, -0.2) is 0 Å². The lowest BCUT2D eigenvalue weighted by atomic mass is 10.1. The van der Waals surface area contributed by atoms with Crippen molar-refractivity contribution in [2.75, 3.05) is 57.2 Å². The number of hydrogen-bond acceptors (Lipinski definition) is 7. The fraction of sp³-hybridized carbons (Fsp3) is 0.519. The van der Waals surface area contributed by atoms with Crippen LogP contribution in [0.25, 0.3) is 0 Å². The minimum Gasteiger partial charge on any atom is -0.493 e. The molecule has 190 valence electrons. The van der Waals surface area contributed by atoms with Gasteiger partial charge in [0.1, 0.15) is 6.10 Å². The summed E-state index contributed by atoms with van der Waals surface area (Å²) in [5.74, 6) is 1.96. The Bertz CT molecular complexity index is 943. The maximum atomic E-state index is 12.6. The van der Waals surface area contributed by atoms with Gasteiger partial charge >= 0.3 is 0 Å². The molecule has 2 aliphatic heterocycles. The van der Waals surface area contributed by atoms with Gasteiger partial charge in [0.15, 0.2) is 11.5 Å². The van der Waals surface area contributed by atoms with Crippen LogP contribution in [0.3, 0.4) is 0 Å². The van der Waals surface area contributed by atoms with E-state index in [1.54, 1.807) is 14.2 Å². The summed E-state index contributed by atoms with van der Waals surface area (Å²) in [5.41, 5.74) is 1.97. The number of nitrogens with one attached hydrogen (secondary N) is 1. The Balaban J connectivity index is 1.24. The first-order chi connectivity index (χ1) is 16.9. The fourth-order valence-corrected chi connectivity index (χ4v) is 4.83. The van der Waals surface area contributed by atoms with E-state index in [9.17, 15) is 4.79 Å². The number of rotatable bonds is 8. The Labute approximate surface area is 208 Å². The number of para-hydroxylation sites is 1. The standard InChI is InChI=1S/C27H37N3O5/c1-19-16-30(17-20(2)34-19)22-10-8-21(9-11-22)28-26(31)18-29-14-12-23(13-15-29)35-27-24(32-3)6-5-7-25(27)33-4/h5-11,19-20,23H,12-18H2,1-4H3,(H,28,31). The molecule has 4 rings (SSSR count). The number of carbonyl (C=O) groups is 1. The summed E-state index contributed by atoms with van der Waals surface area (Å²) in [4.78, 5) is 17.1. The van der Waals surface area contributed by atoms with Crippen LogP contribution in [-0.4, -0.2) is 76.1 Å². The summed E-state index contributed by atoms with van der Waals surface area (Å²) in [6.07, 6.45) is 2.14. The quantitative estimate of drug-likeness (QED) is 0.612. The minimum absolute atomic E-state index is 0.00265. The number of hydrogen-bond donors (Lipinski definition) is 1. The van der Waals surface area contributed by atoms with Crippen LogP contribution in [0.4, 0.5) is 11.4 Å². The third-order valence-corrected chi connectivity index (χ3v) is 6.50. The highest BCUT2D eigenvalue weighted by molar-refractivity contribution is 5.92. The molecular weight excluding hydrogens is 446 g/mol. The van der Waals surface area contributed by atoms with Crippen LogP contribution >= 0.6 is 0 Å². The lowest BCUT2D eigenvalue weighted by Gasteiger charge is -2.36. The fourth-order valence-electron chi connectivity index (χ4n) is 4.83. The molecule has 0 saturated carbocycles. The zero-order chi connectivity index (χ0) is 24.8. The average Bonchev–Trinajstić information content (AvgIpc) is 2.85. The molecule has 2 atom stereocenters. The van der Waals surface area contributed by atoms with Crippen LogP contribution in [0.1, 0.15) is 26.7 Å². The van der Waals surface area contributed by atoms with Crippen molar-refractivity contribution >= 4 is 17.3 Å². The maximum Gasteiger partial charge on any atom is 0.238 e. The Hall–Kier alpha value is -2.97. The number of benzene rings is 2. The zero-order valence-electron chi connectivity index (χ0n) is 21.2. The molecule has 0 radical (unpaired) electrons. The van der Waals surface area contributed by atoms with E-state index in [1.807, 2.05) is 30.3 Å². The minimum atomic E-state index is -0.00265. The largest absolute Gasteiger partial charge is 0.493 e. The number of likely N-dealkylation sites (tertiary alicyclic amines) is 1. The zero-order valence-corrected chi connectivity index (χ0v) is 21.2. The van der Waals surface area contributed by atoms with E-state index in [0.29, 0.717) is 23.8 Å². The number of ether oxygens (including phenoxy) is 4. The predicted octanol–water partition coefficient (Wildman–Crippen LogP) is 3.80. The molecule has 2 unspecified atom stereocenters. The Morgan fingerprint density at radius 2 is 1.57 bits per heavy atom. The molecule has 2 aliphatic rings. The Morgan fingerprint density at radius 3 is 2.14 bits per heavy atom. The monoisotopic (exact) mass is 483 g/mol. The lowest BCUT2D eigenvalue weighted by molar-refractivity contribution is -0.117. The summed E-state index contributed by atoms with van der Waals surface area (Å²) in [6, 6.07) is 13.7. The van der Waals surface area contributed by atoms with Crippen LogP contribution in [0.2, 0.25) is 0 Å². The van der Waals surface area contributed by atoms with Crippen molar-refractivity contribution in [1.82, 2.24) is 4.90 Å². The van der Waals surface area contributed by atoms with Crippen LogP contribution in [0, 0.1) is 0 Å². The van der Waals surface area contributed by atoms with E-state index in [0.717, 1.165) is 50.4 Å². The smallest absolute Gasteiger partial charge is 0.238 e. The van der Waals surface area contributed by atoms with Gasteiger partial charge in [0.25, 0.3) is 0 Å². The average molecular weight is 484 g/mol. The summed E-state index contributed by atoms with van der Waals surface area (Å²) in [5, 5.41) is 3.03. The summed E-state index contributed by atoms with van der Waals surface area (Å²) in [7, 11) is 3.25. The molecule has 0 bridgehead atoms. The van der Waals surface area contributed by atoms with Gasteiger partial charge in [0.05, 0.1) is 33.0 Å². The molecule has 2 heterocycles. The SMILES string of the molecule is COc1cccc(OC)c1OC1CCN(CC(=O)Nc2ccc(N3CC(C)OC(C)C3)cc2)CC1. The molecule has 2 aromatic carbocycles. The molecule has 8 nitrogen and oxygen atoms in total. The third-order valence-electron chi connectivity index (χ3n) is 6.50. The third kappa shape index (κ3) is 6.58. The molecule has 0 spiro atoms. The van der Waals surface area contributed by atoms with E-state index in [2.05, 4.69) is 41.1 Å². The van der Waals surface area contributed by atoms with Crippen LogP contribution < -0.4 is 24.4 Å². The van der Waals surface area contributed by atoms with Crippen molar-refractivity contribution in [3.05, 3.63) is 42.5 Å². The van der Waals surface area contributed by atoms with Gasteiger partial charge in [0.2, 0.25) is 11.7 Å². The second kappa shape index (κ2) is 11.6. The maximum absolute atomic E-state index is 12.6. The van der Waals surface area contributed by atoms with Gasteiger partial charge in [-0.15, -0.1) is 0 Å². The molecule has 2 fully saturated rings. The second-order valence-electron chi connectivity index (χ2n) is 9.34. The van der Waals surface area contributed by atoms with Crippen molar-refractivity contribution in [2.24, 2.45) is 0 Å². The van der Waals surface area contributed by atoms with Crippen LogP contribution in [0.5, 0.6) is 17.2 Å². The number of nitrogens with zero attached hydrogens (tertiary/aromatic N) is 2. The summed E-state index contributed by atoms with van der Waals surface area (Å²) >= 11 is 0. The highest BCUT2D eigenvalue weighted by Crippen LogP contribution is 2.38. The number of methoxy groups -OCH3 is 2. The number of carbonyl (C=O) groups excluding carboxylic acids is 1. The van der Waals surface area contributed by atoms with Crippen molar-refractivity contribution in [2.45, 2.75) is 45.0 Å². The molecule has 1 N–H and O–H groups in total. The van der Waals surface area contributed by atoms with Gasteiger partial charge in [-0.1, -0.05) is 6.07 Å². The molecule has 1 amide bonds. The number of morpholine rings is 1. The van der Waals surface area contributed by atoms with Crippen molar-refractivity contribution in [3.63, 3.8) is 0 Å². The first kappa shape index (κ1) is 25.1. The van der Waals surface area contributed by atoms with Crippen molar-refractivity contribution < 1.29 is 23.7 Å². The summed E-state index contributed by atoms with van der Waals surface area (Å²) in [6.45, 7) is 7.90. The van der Waals surface area contributed by atoms with Gasteiger partial charge in [-0.3, -0.25) is 9.69 Å². The first-order valence-corrected chi connectivity index (χ1v) is 12.4. The van der Waals surface area contributed by atoms with E-state index in [-0.39, 0.29) is 24.2 Å². The molecule has 2 saturated heterocycles. The van der Waals surface area contributed by atoms with E-state index in [1.165, 1.54) is 0 Å². The van der Waals surface area contributed by atoms with Crippen LogP contribution in [-0.2, 0) is 9.53 Å². The predicted molar refractivity (Wildman–Crippen MR) is 137 cm³/mol. The van der Waals surface area contributed by atoms with E-state index >= 15 is 0 Å². The second-order valence-corrected chi connectivity index (χ2v) is 9.34. The highest BCUT2D eigenvalue weighted by Gasteiger charge is 2.25. The number of piperidine rings is 1. The van der Waals surface area contributed by atoms with E-state index < -0.39 is 0 Å². The van der Waals surface area contributed by atoms with Gasteiger partial charge in [0, 0.05) is 37.6 Å². The number of anilines is 2. The molecule has 0 aromatic heterocycles. The van der Waals surface area contributed by atoms with Gasteiger partial charge in [-0.2, -0.15) is 0 Å².